The number of sulfonamides is 1. The van der Waals surface area contributed by atoms with E-state index in [1.165, 1.54) is 4.31 Å². The Morgan fingerprint density at radius 1 is 0.905 bits per heavy atom. The molecule has 0 aliphatic heterocycles. The molecular weight excluding hydrogens is 546 g/mol. The molecule has 4 atom stereocenters. The number of nitrogens with zero attached hydrogens (tertiary/aromatic N) is 1. The molecule has 1 aliphatic rings. The normalized spacial score (nSPS) is 17.4. The first-order valence-electron chi connectivity index (χ1n) is 15.1. The Hall–Kier alpha value is -3.00. The molecule has 0 heterocycles. The molecule has 42 heavy (non-hydrogen) atoms. The smallest absolute Gasteiger partial charge is 0.311 e. The molecule has 0 spiro atoms. The highest BCUT2D eigenvalue weighted by Crippen LogP contribution is 2.35. The number of aliphatic hydroxyl groups excluding tert-OH is 1. The molecule has 1 saturated carbocycles. The molecule has 0 aromatic heterocycles. The van der Waals surface area contributed by atoms with E-state index in [1.54, 1.807) is 13.8 Å². The molecule has 3 aromatic carbocycles. The van der Waals surface area contributed by atoms with Crippen LogP contribution in [-0.2, 0) is 26.1 Å². The zero-order valence-corrected chi connectivity index (χ0v) is 26.3. The minimum atomic E-state index is -4.03. The number of benzene rings is 3. The number of ether oxygens (including phenoxy) is 1. The second-order valence-corrected chi connectivity index (χ2v) is 13.8. The highest BCUT2D eigenvalue weighted by molar-refractivity contribution is 7.89. The van der Waals surface area contributed by atoms with Crippen molar-refractivity contribution in [3.05, 3.63) is 101 Å². The zero-order chi connectivity index (χ0) is 30.4. The fraction of sp³-hybridized carbons (Fsp3) is 0.457. The van der Waals surface area contributed by atoms with Gasteiger partial charge in [0.05, 0.1) is 23.0 Å². The fourth-order valence-electron chi connectivity index (χ4n) is 6.40. The second kappa shape index (κ2) is 14.0. The van der Waals surface area contributed by atoms with Gasteiger partial charge < -0.3 is 9.84 Å². The van der Waals surface area contributed by atoms with E-state index < -0.39 is 40.2 Å². The zero-order valence-electron chi connectivity index (χ0n) is 25.5. The number of esters is 1. The molecular formula is C35H45NO5S. The Bertz CT molecular complexity index is 1410. The molecule has 1 fully saturated rings. The van der Waals surface area contributed by atoms with E-state index >= 15 is 0 Å². The van der Waals surface area contributed by atoms with Crippen molar-refractivity contribution in [2.45, 2.75) is 96.4 Å². The van der Waals surface area contributed by atoms with E-state index in [2.05, 4.69) is 0 Å². The van der Waals surface area contributed by atoms with Gasteiger partial charge in [-0.3, -0.25) is 4.79 Å². The SMILES string of the molecule is Cc1cc(C)c(S(=O)(=O)N(Cc2ccccc2)[C@@H](C)[C@H](OC(=O)[C@H](C)[C@H](O)C2CCCCC2)c2ccccc2)c(C)c1. The monoisotopic (exact) mass is 591 g/mol. The molecule has 0 unspecified atom stereocenters. The van der Waals surface area contributed by atoms with Gasteiger partial charge in [-0.2, -0.15) is 4.31 Å². The van der Waals surface area contributed by atoms with E-state index in [-0.39, 0.29) is 17.4 Å². The molecule has 1 aliphatic carbocycles. The standard InChI is InChI=1S/C35H45NO5S/c1-24-21-25(2)34(26(3)22-24)42(39,40)36(23-29-15-9-6-10-16-29)28(5)33(31-19-13-8-14-20-31)41-35(38)27(4)32(37)30-17-11-7-12-18-30/h6,8-10,13-16,19-22,27-28,30,32-33,37H,7,11-12,17-18,23H2,1-5H3/t27-,28+,32+,33+/m1/s1. The third-order valence-corrected chi connectivity index (χ3v) is 10.9. The summed E-state index contributed by atoms with van der Waals surface area (Å²) in [6, 6.07) is 21.8. The van der Waals surface area contributed by atoms with Crippen LogP contribution in [0.3, 0.4) is 0 Å². The molecule has 1 N–H and O–H groups in total. The van der Waals surface area contributed by atoms with Crippen molar-refractivity contribution in [2.24, 2.45) is 11.8 Å². The fourth-order valence-corrected chi connectivity index (χ4v) is 8.43. The van der Waals surface area contributed by atoms with Crippen LogP contribution in [0.4, 0.5) is 0 Å². The molecule has 4 rings (SSSR count). The predicted octanol–water partition coefficient (Wildman–Crippen LogP) is 7.05. The summed E-state index contributed by atoms with van der Waals surface area (Å²) in [5.41, 5.74) is 3.87. The first-order valence-corrected chi connectivity index (χ1v) is 16.5. The van der Waals surface area contributed by atoms with E-state index in [1.807, 2.05) is 93.6 Å². The average Bonchev–Trinajstić information content (AvgIpc) is 2.98. The van der Waals surface area contributed by atoms with Crippen LogP contribution in [0.25, 0.3) is 0 Å². The number of hydrogen-bond acceptors (Lipinski definition) is 5. The third kappa shape index (κ3) is 7.31. The predicted molar refractivity (Wildman–Crippen MR) is 166 cm³/mol. The summed E-state index contributed by atoms with van der Waals surface area (Å²) in [5.74, 6) is -1.18. The van der Waals surface area contributed by atoms with Gasteiger partial charge in [-0.15, -0.1) is 0 Å². The van der Waals surface area contributed by atoms with E-state index in [0.717, 1.165) is 43.2 Å². The summed E-state index contributed by atoms with van der Waals surface area (Å²) in [6.07, 6.45) is 3.37. The van der Waals surface area contributed by atoms with Crippen molar-refractivity contribution in [2.75, 3.05) is 0 Å². The maximum absolute atomic E-state index is 14.5. The summed E-state index contributed by atoms with van der Waals surface area (Å²) < 4.78 is 36.7. The minimum absolute atomic E-state index is 0.0661. The highest BCUT2D eigenvalue weighted by Gasteiger charge is 2.39. The lowest BCUT2D eigenvalue weighted by Crippen LogP contribution is -2.44. The third-order valence-electron chi connectivity index (χ3n) is 8.63. The molecule has 0 saturated heterocycles. The summed E-state index contributed by atoms with van der Waals surface area (Å²) in [7, 11) is -4.03. The number of carbonyl (C=O) groups excluding carboxylic acids is 1. The maximum atomic E-state index is 14.5. The topological polar surface area (TPSA) is 83.9 Å². The van der Waals surface area contributed by atoms with Crippen LogP contribution in [0.2, 0.25) is 0 Å². The first kappa shape index (κ1) is 31.9. The van der Waals surface area contributed by atoms with Crippen LogP contribution in [0, 0.1) is 32.6 Å². The number of carbonyl (C=O) groups is 1. The molecule has 0 bridgehead atoms. The number of hydrogen-bond donors (Lipinski definition) is 1. The quantitative estimate of drug-likeness (QED) is 0.242. The maximum Gasteiger partial charge on any atom is 0.311 e. The van der Waals surface area contributed by atoms with Gasteiger partial charge in [0, 0.05) is 6.54 Å². The van der Waals surface area contributed by atoms with Crippen molar-refractivity contribution in [3.63, 3.8) is 0 Å². The average molecular weight is 592 g/mol. The molecule has 0 amide bonds. The van der Waals surface area contributed by atoms with Crippen molar-refractivity contribution in [1.82, 2.24) is 4.31 Å². The van der Waals surface area contributed by atoms with Gasteiger partial charge in [0.1, 0.15) is 6.10 Å². The van der Waals surface area contributed by atoms with Crippen LogP contribution >= 0.6 is 0 Å². The van der Waals surface area contributed by atoms with Gasteiger partial charge in [-0.05, 0) is 75.6 Å². The van der Waals surface area contributed by atoms with Crippen molar-refractivity contribution < 1.29 is 23.1 Å². The Balaban J connectivity index is 1.74. The molecule has 226 valence electrons. The highest BCUT2D eigenvalue weighted by atomic mass is 32.2. The largest absolute Gasteiger partial charge is 0.455 e. The summed E-state index contributed by atoms with van der Waals surface area (Å²) in [5, 5.41) is 11.1. The Kier molecular flexibility index (Phi) is 10.6. The Morgan fingerprint density at radius 2 is 1.45 bits per heavy atom. The van der Waals surface area contributed by atoms with Crippen molar-refractivity contribution in [1.29, 1.82) is 0 Å². The van der Waals surface area contributed by atoms with Gasteiger partial charge in [-0.1, -0.05) is 97.6 Å². The summed E-state index contributed by atoms with van der Waals surface area (Å²) in [4.78, 5) is 13.9. The van der Waals surface area contributed by atoms with Crippen LogP contribution in [-0.4, -0.2) is 35.9 Å². The molecule has 3 aromatic rings. The summed E-state index contributed by atoms with van der Waals surface area (Å²) in [6.45, 7) is 9.22. The van der Waals surface area contributed by atoms with Crippen molar-refractivity contribution >= 4 is 16.0 Å². The van der Waals surface area contributed by atoms with Crippen LogP contribution in [0.15, 0.2) is 77.7 Å². The van der Waals surface area contributed by atoms with Gasteiger partial charge in [0.25, 0.3) is 0 Å². The first-order chi connectivity index (χ1) is 20.0. The van der Waals surface area contributed by atoms with E-state index in [9.17, 15) is 18.3 Å². The van der Waals surface area contributed by atoms with Crippen LogP contribution in [0.1, 0.15) is 79.9 Å². The van der Waals surface area contributed by atoms with Crippen LogP contribution in [0.5, 0.6) is 0 Å². The van der Waals surface area contributed by atoms with Gasteiger partial charge in [-0.25, -0.2) is 8.42 Å². The lowest BCUT2D eigenvalue weighted by Gasteiger charge is -2.36. The number of aryl methyl sites for hydroxylation is 3. The lowest BCUT2D eigenvalue weighted by atomic mass is 9.81. The number of aliphatic hydroxyl groups is 1. The van der Waals surface area contributed by atoms with Crippen molar-refractivity contribution in [3.8, 4) is 0 Å². The van der Waals surface area contributed by atoms with Gasteiger partial charge in [0.15, 0.2) is 0 Å². The molecule has 6 nitrogen and oxygen atoms in total. The number of rotatable bonds is 11. The second-order valence-electron chi connectivity index (χ2n) is 11.9. The molecule has 0 radical (unpaired) electrons. The van der Waals surface area contributed by atoms with Gasteiger partial charge >= 0.3 is 5.97 Å². The minimum Gasteiger partial charge on any atom is -0.455 e. The summed E-state index contributed by atoms with van der Waals surface area (Å²) >= 11 is 0. The van der Waals surface area contributed by atoms with E-state index in [4.69, 9.17) is 4.74 Å². The Morgan fingerprint density at radius 3 is 2.02 bits per heavy atom. The Labute approximate surface area is 251 Å². The molecule has 7 heteroatoms. The van der Waals surface area contributed by atoms with E-state index in [0.29, 0.717) is 16.7 Å². The van der Waals surface area contributed by atoms with Gasteiger partial charge in [0.2, 0.25) is 10.0 Å². The lowest BCUT2D eigenvalue weighted by molar-refractivity contribution is -0.162. The van der Waals surface area contributed by atoms with Crippen LogP contribution < -0.4 is 0 Å².